The van der Waals surface area contributed by atoms with Crippen molar-refractivity contribution in [2.45, 2.75) is 20.4 Å². The van der Waals surface area contributed by atoms with Gasteiger partial charge in [-0.05, 0) is 0 Å². The van der Waals surface area contributed by atoms with Crippen molar-refractivity contribution in [3.63, 3.8) is 0 Å². The highest BCUT2D eigenvalue weighted by Crippen LogP contribution is 2.10. The summed E-state index contributed by atoms with van der Waals surface area (Å²) in [5.41, 5.74) is 0.883. The summed E-state index contributed by atoms with van der Waals surface area (Å²) in [7, 11) is 0. The highest BCUT2D eigenvalue weighted by atomic mass is 32.1. The van der Waals surface area contributed by atoms with Crippen molar-refractivity contribution in [2.24, 2.45) is 0 Å². The van der Waals surface area contributed by atoms with Crippen molar-refractivity contribution in [3.8, 4) is 0 Å². The Hall–Kier alpha value is -1.36. The van der Waals surface area contributed by atoms with Crippen LogP contribution in [-0.2, 0) is 11.3 Å². The second kappa shape index (κ2) is 5.39. The Kier molecular flexibility index (Phi) is 4.12. The zero-order valence-electron chi connectivity index (χ0n) is 8.23. The first-order valence-electron chi connectivity index (χ1n) is 4.48. The first kappa shape index (κ1) is 10.7. The highest BCUT2D eigenvalue weighted by Gasteiger charge is 2.00. The van der Waals surface area contributed by atoms with Crippen LogP contribution in [0.5, 0.6) is 0 Å². The van der Waals surface area contributed by atoms with E-state index >= 15 is 0 Å². The number of hydrogen-bond acceptors (Lipinski definition) is 3. The van der Waals surface area contributed by atoms with Crippen molar-refractivity contribution in [1.29, 1.82) is 0 Å². The Labute approximate surface area is 86.6 Å². The molecule has 2 heterocycles. The van der Waals surface area contributed by atoms with Crippen LogP contribution in [0.1, 0.15) is 19.5 Å². The fraction of sp³-hybridized carbons (Fsp3) is 0.333. The maximum Gasteiger partial charge on any atom is 0.207 e. The van der Waals surface area contributed by atoms with Crippen molar-refractivity contribution >= 4 is 22.7 Å². The van der Waals surface area contributed by atoms with Crippen LogP contribution < -0.4 is 5.32 Å². The third-order valence-corrected chi connectivity index (χ3v) is 2.28. The smallest absolute Gasteiger partial charge is 0.207 e. The number of carbonyl (C=O) groups is 1. The topological polar surface area (TPSA) is 46.4 Å². The number of rotatable bonds is 3. The van der Waals surface area contributed by atoms with Crippen LogP contribution in [0.3, 0.4) is 0 Å². The molecule has 0 aromatic carbocycles. The largest absolute Gasteiger partial charge is 0.353 e. The normalized spacial score (nSPS) is 9.29. The number of carbonyl (C=O) groups excluding carboxylic acids is 1. The van der Waals surface area contributed by atoms with Crippen molar-refractivity contribution in [2.75, 3.05) is 0 Å². The van der Waals surface area contributed by atoms with E-state index < -0.39 is 0 Å². The summed E-state index contributed by atoms with van der Waals surface area (Å²) in [5, 5.41) is 4.54. The van der Waals surface area contributed by atoms with Gasteiger partial charge in [0.25, 0.3) is 0 Å². The minimum atomic E-state index is 0.498. The second-order valence-electron chi connectivity index (χ2n) is 2.32. The molecule has 0 unspecified atom stereocenters. The summed E-state index contributed by atoms with van der Waals surface area (Å²) in [5.74, 6) is 0. The van der Waals surface area contributed by atoms with Gasteiger partial charge in [0.15, 0.2) is 4.96 Å². The molecular formula is C9H13N3OS. The molecule has 0 saturated carbocycles. The van der Waals surface area contributed by atoms with E-state index in [0.29, 0.717) is 13.0 Å². The molecule has 2 aromatic heterocycles. The van der Waals surface area contributed by atoms with Gasteiger partial charge in [-0.3, -0.25) is 9.20 Å². The molecule has 1 N–H and O–H groups in total. The molecule has 14 heavy (non-hydrogen) atoms. The molecule has 2 rings (SSSR count). The third kappa shape index (κ3) is 2.32. The molecule has 76 valence electrons. The van der Waals surface area contributed by atoms with E-state index in [1.807, 2.05) is 36.0 Å². The first-order chi connectivity index (χ1) is 6.90. The summed E-state index contributed by atoms with van der Waals surface area (Å²) in [6.07, 6.45) is 4.52. The van der Waals surface area contributed by atoms with Gasteiger partial charge in [0.05, 0.1) is 12.2 Å². The van der Waals surface area contributed by atoms with Gasteiger partial charge in [0.2, 0.25) is 6.41 Å². The van der Waals surface area contributed by atoms with Gasteiger partial charge in [-0.1, -0.05) is 13.8 Å². The molecule has 1 amide bonds. The average Bonchev–Trinajstić information content (AvgIpc) is 2.77. The molecule has 0 aliphatic heterocycles. The molecule has 4 nitrogen and oxygen atoms in total. The van der Waals surface area contributed by atoms with Crippen LogP contribution in [0.2, 0.25) is 0 Å². The van der Waals surface area contributed by atoms with Gasteiger partial charge in [0, 0.05) is 17.8 Å². The Bertz CT molecular complexity index is 365. The van der Waals surface area contributed by atoms with E-state index in [2.05, 4.69) is 10.3 Å². The van der Waals surface area contributed by atoms with Gasteiger partial charge < -0.3 is 5.32 Å². The monoisotopic (exact) mass is 211 g/mol. The lowest BCUT2D eigenvalue weighted by Crippen LogP contribution is -2.09. The van der Waals surface area contributed by atoms with Crippen LogP contribution in [0.4, 0.5) is 0 Å². The lowest BCUT2D eigenvalue weighted by Gasteiger charge is -1.89. The fourth-order valence-electron chi connectivity index (χ4n) is 1.01. The maximum atomic E-state index is 9.99. The fourth-order valence-corrected chi connectivity index (χ4v) is 1.73. The first-order valence-corrected chi connectivity index (χ1v) is 5.36. The minimum absolute atomic E-state index is 0.498. The molecule has 5 heteroatoms. The van der Waals surface area contributed by atoms with E-state index in [1.165, 1.54) is 0 Å². The molecule has 0 aliphatic rings. The summed E-state index contributed by atoms with van der Waals surface area (Å²) >= 11 is 1.58. The second-order valence-corrected chi connectivity index (χ2v) is 3.20. The third-order valence-electron chi connectivity index (χ3n) is 1.51. The van der Waals surface area contributed by atoms with E-state index in [4.69, 9.17) is 0 Å². The number of amides is 1. The molecule has 0 radical (unpaired) electrons. The summed E-state index contributed by atoms with van der Waals surface area (Å²) < 4.78 is 1.94. The van der Waals surface area contributed by atoms with Crippen LogP contribution in [-0.4, -0.2) is 15.8 Å². The van der Waals surface area contributed by atoms with E-state index in [-0.39, 0.29) is 0 Å². The Morgan fingerprint density at radius 1 is 1.64 bits per heavy atom. The summed E-state index contributed by atoms with van der Waals surface area (Å²) in [6, 6.07) is 0. The van der Waals surface area contributed by atoms with Gasteiger partial charge in [-0.2, -0.15) is 0 Å². The predicted molar refractivity (Wildman–Crippen MR) is 57.3 cm³/mol. The maximum absolute atomic E-state index is 9.99. The Morgan fingerprint density at radius 3 is 3.07 bits per heavy atom. The van der Waals surface area contributed by atoms with Gasteiger partial charge in [-0.15, -0.1) is 11.3 Å². The van der Waals surface area contributed by atoms with Crippen LogP contribution in [0.25, 0.3) is 4.96 Å². The van der Waals surface area contributed by atoms with Crippen molar-refractivity contribution in [1.82, 2.24) is 14.7 Å². The average molecular weight is 211 g/mol. The number of aromatic nitrogens is 2. The van der Waals surface area contributed by atoms with E-state index in [0.717, 1.165) is 10.7 Å². The molecule has 2 aromatic rings. The van der Waals surface area contributed by atoms with Crippen LogP contribution in [0.15, 0.2) is 17.8 Å². The quantitative estimate of drug-likeness (QED) is 0.785. The number of hydrogen-bond donors (Lipinski definition) is 1. The van der Waals surface area contributed by atoms with Gasteiger partial charge >= 0.3 is 0 Å². The van der Waals surface area contributed by atoms with Crippen molar-refractivity contribution < 1.29 is 4.79 Å². The molecule has 0 atom stereocenters. The number of imidazole rings is 1. The minimum Gasteiger partial charge on any atom is -0.353 e. The SMILES string of the molecule is CC.O=CNCc1cn2ccsc2n1. The predicted octanol–water partition coefficient (Wildman–Crippen LogP) is 1.67. The number of fused-ring (bicyclic) bond motifs is 1. The molecule has 0 fully saturated rings. The lowest BCUT2D eigenvalue weighted by molar-refractivity contribution is -0.109. The molecule has 0 bridgehead atoms. The zero-order chi connectivity index (χ0) is 10.4. The summed E-state index contributed by atoms with van der Waals surface area (Å²) in [4.78, 5) is 15.2. The standard InChI is InChI=1S/C7H7N3OS.C2H6/c11-5-8-3-6-4-10-1-2-12-7(10)9-6;1-2/h1-2,4-5H,3H2,(H,8,11);1-2H3. The number of nitrogens with one attached hydrogen (secondary N) is 1. The van der Waals surface area contributed by atoms with Crippen LogP contribution >= 0.6 is 11.3 Å². The number of nitrogens with zero attached hydrogens (tertiary/aromatic N) is 2. The molecule has 0 saturated heterocycles. The van der Waals surface area contributed by atoms with Gasteiger partial charge in [0.1, 0.15) is 0 Å². The summed E-state index contributed by atoms with van der Waals surface area (Å²) in [6.45, 7) is 4.50. The zero-order valence-corrected chi connectivity index (χ0v) is 9.04. The highest BCUT2D eigenvalue weighted by molar-refractivity contribution is 7.15. The van der Waals surface area contributed by atoms with Gasteiger partial charge in [-0.25, -0.2) is 4.98 Å². The van der Waals surface area contributed by atoms with E-state index in [9.17, 15) is 4.79 Å². The Balaban J connectivity index is 0.000000461. The van der Waals surface area contributed by atoms with Crippen LogP contribution in [0, 0.1) is 0 Å². The molecular weight excluding hydrogens is 198 g/mol. The van der Waals surface area contributed by atoms with E-state index in [1.54, 1.807) is 11.3 Å². The molecule has 0 aliphatic carbocycles. The molecule has 0 spiro atoms. The number of thiazole rings is 1. The van der Waals surface area contributed by atoms with Crippen molar-refractivity contribution in [3.05, 3.63) is 23.5 Å². The Morgan fingerprint density at radius 2 is 2.43 bits per heavy atom. The lowest BCUT2D eigenvalue weighted by atomic mass is 10.5.